The van der Waals surface area contributed by atoms with Crippen molar-refractivity contribution >= 4 is 23.5 Å². The van der Waals surface area contributed by atoms with Crippen LogP contribution in [0, 0.1) is 10.2 Å². The third kappa shape index (κ3) is 11.1. The molecule has 0 bridgehead atoms. The van der Waals surface area contributed by atoms with Crippen LogP contribution < -0.4 is 23.2 Å². The lowest BCUT2D eigenvalue weighted by atomic mass is 10.1. The molecule has 5 nitrogen and oxygen atoms in total. The average Bonchev–Trinajstić information content (AvgIpc) is 2.89. The first-order valence-corrected chi connectivity index (χ1v) is 14.8. The van der Waals surface area contributed by atoms with Crippen LogP contribution in [-0.2, 0) is 11.5 Å². The molecular formula is C28H28ClNO4S2. The van der Waals surface area contributed by atoms with Crippen molar-refractivity contribution in [2.75, 3.05) is 11.5 Å². The van der Waals surface area contributed by atoms with Gasteiger partial charge in [0.05, 0.1) is 11.5 Å². The van der Waals surface area contributed by atoms with Gasteiger partial charge in [-0.2, -0.15) is 23.5 Å². The van der Waals surface area contributed by atoms with E-state index in [-0.39, 0.29) is 0 Å². The van der Waals surface area contributed by atoms with Gasteiger partial charge in [0.2, 0.25) is 0 Å². The molecular weight excluding hydrogens is 514 g/mol. The molecule has 0 N–H and O–H groups in total. The molecule has 0 amide bonds. The van der Waals surface area contributed by atoms with Crippen molar-refractivity contribution in [1.82, 2.24) is 0 Å². The highest BCUT2D eigenvalue weighted by Crippen LogP contribution is 2.22. The van der Waals surface area contributed by atoms with E-state index in [9.17, 15) is 0 Å². The summed E-state index contributed by atoms with van der Waals surface area (Å²) in [4.78, 5) is 0. The molecule has 1 heterocycles. The van der Waals surface area contributed by atoms with Gasteiger partial charge in [0, 0.05) is 23.6 Å². The van der Waals surface area contributed by atoms with Gasteiger partial charge in [-0.25, -0.2) is 23.2 Å². The van der Waals surface area contributed by atoms with Crippen LogP contribution in [0.3, 0.4) is 0 Å². The maximum absolute atomic E-state index is 8.49. The third-order valence-corrected chi connectivity index (χ3v) is 7.54. The summed E-state index contributed by atoms with van der Waals surface area (Å²) < 4.78 is 36.4. The summed E-state index contributed by atoms with van der Waals surface area (Å²) >= 11 is 4.04. The number of thioether (sulfide) groups is 2. The molecule has 188 valence electrons. The molecule has 0 atom stereocenters. The summed E-state index contributed by atoms with van der Waals surface area (Å²) in [5.74, 6) is 4.32. The molecule has 0 unspecified atom stereocenters. The van der Waals surface area contributed by atoms with Crippen molar-refractivity contribution in [3.63, 3.8) is 0 Å². The molecule has 4 aromatic rings. The molecule has 36 heavy (non-hydrogen) atoms. The Morgan fingerprint density at radius 2 is 0.917 bits per heavy atom. The smallest absolute Gasteiger partial charge is 0.176 e. The summed E-state index contributed by atoms with van der Waals surface area (Å²) in [5, 5.41) is 0. The molecule has 0 aliphatic carbocycles. The van der Waals surface area contributed by atoms with Gasteiger partial charge in [-0.1, -0.05) is 91.0 Å². The lowest BCUT2D eigenvalue weighted by molar-refractivity contribution is -2.00. The summed E-state index contributed by atoms with van der Waals surface area (Å²) in [5.41, 5.74) is 5.33. The Morgan fingerprint density at radius 3 is 1.33 bits per heavy atom. The Hall–Kier alpha value is -2.36. The molecule has 0 aliphatic rings. The predicted molar refractivity (Wildman–Crippen MR) is 136 cm³/mol. The minimum absolute atomic E-state index is 0.465. The molecule has 3 aromatic carbocycles. The van der Waals surface area contributed by atoms with Crippen LogP contribution >= 0.6 is 23.5 Å². The van der Waals surface area contributed by atoms with Gasteiger partial charge in [-0.3, -0.25) is 0 Å². The highest BCUT2D eigenvalue weighted by Gasteiger charge is 2.19. The maximum Gasteiger partial charge on any atom is 0.176 e. The highest BCUT2D eigenvalue weighted by atomic mass is 35.7. The first kappa shape index (κ1) is 28.2. The van der Waals surface area contributed by atoms with Gasteiger partial charge < -0.3 is 0 Å². The molecule has 0 fully saturated rings. The Bertz CT molecular complexity index is 1080. The Balaban J connectivity index is 0.000000658. The number of benzene rings is 3. The van der Waals surface area contributed by atoms with Crippen molar-refractivity contribution in [3.8, 4) is 11.1 Å². The van der Waals surface area contributed by atoms with Gasteiger partial charge in [-0.15, -0.1) is 10.2 Å². The molecule has 0 saturated heterocycles. The van der Waals surface area contributed by atoms with Gasteiger partial charge in [0.25, 0.3) is 0 Å². The number of nitrogens with zero attached hydrogens (tertiary/aromatic N) is 1. The van der Waals surface area contributed by atoms with E-state index in [0.717, 1.165) is 23.0 Å². The number of hydrogen-bond acceptors (Lipinski definition) is 6. The zero-order chi connectivity index (χ0) is 25.6. The minimum atomic E-state index is -4.94. The van der Waals surface area contributed by atoms with Crippen LogP contribution in [0.2, 0.25) is 0 Å². The number of aromatic nitrogens is 1. The van der Waals surface area contributed by atoms with Crippen LogP contribution in [-0.4, -0.2) is 11.5 Å². The van der Waals surface area contributed by atoms with Crippen molar-refractivity contribution in [1.29, 1.82) is 0 Å². The SMILES string of the molecule is [O-][Cl+3]([O-])([O-])[O-].c1ccc(CSCC(CSCc2ccccc2)[n+]2ccc(-c3ccccc3)cc2)cc1. The monoisotopic (exact) mass is 541 g/mol. The van der Waals surface area contributed by atoms with Crippen molar-refractivity contribution in [3.05, 3.63) is 127 Å². The second kappa shape index (κ2) is 15.0. The number of halogens is 1. The van der Waals surface area contributed by atoms with Crippen LogP contribution in [0.5, 0.6) is 0 Å². The zero-order valence-electron chi connectivity index (χ0n) is 19.7. The van der Waals surface area contributed by atoms with Crippen LogP contribution in [0.25, 0.3) is 11.1 Å². The van der Waals surface area contributed by atoms with Gasteiger partial charge in [0.15, 0.2) is 18.4 Å². The summed E-state index contributed by atoms with van der Waals surface area (Å²) in [6.45, 7) is 0. The fraction of sp³-hybridized carbons (Fsp3) is 0.179. The highest BCUT2D eigenvalue weighted by molar-refractivity contribution is 7.99. The number of pyridine rings is 1. The minimum Gasteiger partial charge on any atom is -0.222 e. The Labute approximate surface area is 223 Å². The van der Waals surface area contributed by atoms with Crippen LogP contribution in [0.15, 0.2) is 116 Å². The second-order valence-electron chi connectivity index (χ2n) is 7.93. The van der Waals surface area contributed by atoms with Crippen molar-refractivity contribution in [2.45, 2.75) is 17.5 Å². The van der Waals surface area contributed by atoms with E-state index < -0.39 is 10.2 Å². The van der Waals surface area contributed by atoms with E-state index in [1.54, 1.807) is 0 Å². The lowest BCUT2D eigenvalue weighted by Gasteiger charge is -2.17. The average molecular weight is 542 g/mol. The zero-order valence-corrected chi connectivity index (χ0v) is 22.0. The van der Waals surface area contributed by atoms with Gasteiger partial charge in [-0.05, 0) is 22.3 Å². The summed E-state index contributed by atoms with van der Waals surface area (Å²) in [7, 11) is -4.94. The lowest BCUT2D eigenvalue weighted by Crippen LogP contribution is -2.68. The molecule has 0 aliphatic heterocycles. The first-order valence-electron chi connectivity index (χ1n) is 11.3. The Kier molecular flexibility index (Phi) is 11.8. The standard InChI is InChI=1S/C28H28NS2.ClHO4/c1-4-10-24(11-5-1)20-30-22-28(23-31-21-25-12-6-2-7-13-25)29-18-16-27(17-19-29)26-14-8-3-9-15-26;2-1(3,4)5/h1-19,28H,20-23H2;(H,2,3,4,5)/q+1;/p-1. The largest absolute Gasteiger partial charge is 0.222 e. The fourth-order valence-electron chi connectivity index (χ4n) is 3.50. The van der Waals surface area contributed by atoms with Crippen LogP contribution in [0.4, 0.5) is 0 Å². The van der Waals surface area contributed by atoms with Crippen molar-refractivity contribution < 1.29 is 33.4 Å². The predicted octanol–water partition coefficient (Wildman–Crippen LogP) is 2.29. The third-order valence-electron chi connectivity index (χ3n) is 5.22. The van der Waals surface area contributed by atoms with E-state index in [1.807, 2.05) is 23.5 Å². The Morgan fingerprint density at radius 1 is 0.556 bits per heavy atom. The quantitative estimate of drug-likeness (QED) is 0.286. The topological polar surface area (TPSA) is 96.1 Å². The normalized spacial score (nSPS) is 11.1. The van der Waals surface area contributed by atoms with Crippen LogP contribution in [0.1, 0.15) is 17.2 Å². The molecule has 0 saturated carbocycles. The number of rotatable bonds is 10. The van der Waals surface area contributed by atoms with E-state index in [0.29, 0.717) is 6.04 Å². The van der Waals surface area contributed by atoms with E-state index in [2.05, 4.69) is 120 Å². The number of hydrogen-bond donors (Lipinski definition) is 0. The van der Waals surface area contributed by atoms with E-state index in [1.165, 1.54) is 22.3 Å². The first-order chi connectivity index (χ1) is 17.4. The summed E-state index contributed by atoms with van der Waals surface area (Å²) in [6, 6.07) is 37.1. The van der Waals surface area contributed by atoms with E-state index in [4.69, 9.17) is 18.6 Å². The fourth-order valence-corrected chi connectivity index (χ4v) is 5.86. The molecule has 1 aromatic heterocycles. The maximum atomic E-state index is 8.49. The molecule has 8 heteroatoms. The molecule has 0 spiro atoms. The van der Waals surface area contributed by atoms with Gasteiger partial charge >= 0.3 is 0 Å². The second-order valence-corrected chi connectivity index (χ2v) is 10.7. The molecule has 0 radical (unpaired) electrons. The van der Waals surface area contributed by atoms with E-state index >= 15 is 0 Å². The molecule has 4 rings (SSSR count). The van der Waals surface area contributed by atoms with Crippen molar-refractivity contribution in [2.24, 2.45) is 0 Å². The van der Waals surface area contributed by atoms with Gasteiger partial charge in [0.1, 0.15) is 0 Å². The summed E-state index contributed by atoms with van der Waals surface area (Å²) in [6.07, 6.45) is 4.50.